The SMILES string of the molecule is N#Cc1ccc(-c2ccc3c4ccc(-c5ccc(C#N)cc5)cc4n(-c4cc(-c5ccc(C(F)(F)F)cc5)ccc4-c4nc(-c5ccccc5)nc(-c5ccccc5)n4)c3c2)cc1. The third-order valence-electron chi connectivity index (χ3n) is 11.2. The van der Waals surface area contributed by atoms with Gasteiger partial charge in [-0.3, -0.25) is 0 Å². The lowest BCUT2D eigenvalue weighted by Crippen LogP contribution is -2.05. The lowest BCUT2D eigenvalue weighted by molar-refractivity contribution is -0.137. The molecule has 0 aliphatic rings. The van der Waals surface area contributed by atoms with Gasteiger partial charge >= 0.3 is 6.18 Å². The highest BCUT2D eigenvalue weighted by Gasteiger charge is 2.30. The Hall–Kier alpha value is -8.66. The molecule has 10 rings (SSSR count). The number of hydrogen-bond donors (Lipinski definition) is 0. The van der Waals surface area contributed by atoms with Gasteiger partial charge in [0, 0.05) is 27.5 Å². The molecule has 0 fully saturated rings. The third kappa shape index (κ3) is 7.35. The molecule has 9 heteroatoms. The first-order valence-corrected chi connectivity index (χ1v) is 20.0. The minimum Gasteiger partial charge on any atom is -0.308 e. The van der Waals surface area contributed by atoms with Crippen LogP contribution in [0, 0.1) is 22.7 Å². The first-order valence-electron chi connectivity index (χ1n) is 20.0. The van der Waals surface area contributed by atoms with Crippen LogP contribution in [0.15, 0.2) is 188 Å². The molecule has 8 aromatic carbocycles. The number of nitrogens with zero attached hydrogens (tertiary/aromatic N) is 6. The van der Waals surface area contributed by atoms with E-state index < -0.39 is 11.7 Å². The zero-order valence-electron chi connectivity index (χ0n) is 33.2. The van der Waals surface area contributed by atoms with Crippen molar-refractivity contribution in [3.63, 3.8) is 0 Å². The standard InChI is InChI=1S/C54H31F3N6/c55-54(56,57)44-24-19-38(20-25-44)43-23-28-47(53-61-51(39-7-3-1-4-8-39)60-52(62-53)40-9-5-2-6-10-40)50(31-43)63-48-29-41(36-15-11-34(32-58)12-16-36)21-26-45(48)46-27-22-42(30-49(46)63)37-17-13-35(33-59)14-18-37/h1-31H. The highest BCUT2D eigenvalue weighted by molar-refractivity contribution is 6.11. The van der Waals surface area contributed by atoms with Crippen LogP contribution in [0.4, 0.5) is 13.2 Å². The second kappa shape index (κ2) is 15.7. The molecule has 2 heterocycles. The summed E-state index contributed by atoms with van der Waals surface area (Å²) in [6, 6.07) is 62.1. The van der Waals surface area contributed by atoms with E-state index in [1.807, 2.05) is 103 Å². The van der Waals surface area contributed by atoms with E-state index in [1.54, 1.807) is 24.3 Å². The molecule has 0 N–H and O–H groups in total. The molecule has 6 nitrogen and oxygen atoms in total. The van der Waals surface area contributed by atoms with E-state index >= 15 is 0 Å². The van der Waals surface area contributed by atoms with Crippen molar-refractivity contribution >= 4 is 21.8 Å². The van der Waals surface area contributed by atoms with Crippen molar-refractivity contribution in [2.24, 2.45) is 0 Å². The van der Waals surface area contributed by atoms with Gasteiger partial charge in [0.05, 0.1) is 45.5 Å². The summed E-state index contributed by atoms with van der Waals surface area (Å²) in [5.41, 5.74) is 9.99. The zero-order valence-corrected chi connectivity index (χ0v) is 33.2. The van der Waals surface area contributed by atoms with Crippen LogP contribution in [0.25, 0.3) is 95.0 Å². The van der Waals surface area contributed by atoms with Crippen LogP contribution in [0.2, 0.25) is 0 Å². The van der Waals surface area contributed by atoms with E-state index in [2.05, 4.69) is 53.1 Å². The van der Waals surface area contributed by atoms with Gasteiger partial charge in [-0.15, -0.1) is 0 Å². The Morgan fingerprint density at radius 1 is 0.397 bits per heavy atom. The van der Waals surface area contributed by atoms with E-state index in [0.29, 0.717) is 51.0 Å². The number of fused-ring (bicyclic) bond motifs is 3. The van der Waals surface area contributed by atoms with Crippen LogP contribution in [0.3, 0.4) is 0 Å². The Bertz CT molecular complexity index is 3250. The van der Waals surface area contributed by atoms with E-state index in [1.165, 1.54) is 12.1 Å². The summed E-state index contributed by atoms with van der Waals surface area (Å²) >= 11 is 0. The summed E-state index contributed by atoms with van der Waals surface area (Å²) in [6.07, 6.45) is -4.48. The quantitative estimate of drug-likeness (QED) is 0.160. The molecule has 0 atom stereocenters. The van der Waals surface area contributed by atoms with Gasteiger partial charge in [-0.25, -0.2) is 15.0 Å². The van der Waals surface area contributed by atoms with Gasteiger partial charge in [0.1, 0.15) is 0 Å². The fourth-order valence-electron chi connectivity index (χ4n) is 7.98. The fraction of sp³-hybridized carbons (Fsp3) is 0.0185. The highest BCUT2D eigenvalue weighted by atomic mass is 19.4. The van der Waals surface area contributed by atoms with Crippen LogP contribution < -0.4 is 0 Å². The molecule has 0 aliphatic carbocycles. The Labute approximate surface area is 360 Å². The molecule has 0 spiro atoms. The Morgan fingerprint density at radius 2 is 0.794 bits per heavy atom. The molecule has 10 aromatic rings. The number of rotatable bonds is 7. The minimum absolute atomic E-state index is 0.401. The summed E-state index contributed by atoms with van der Waals surface area (Å²) in [4.78, 5) is 15.2. The lowest BCUT2D eigenvalue weighted by Gasteiger charge is -2.17. The van der Waals surface area contributed by atoms with E-state index in [-0.39, 0.29) is 0 Å². The third-order valence-corrected chi connectivity index (χ3v) is 11.2. The van der Waals surface area contributed by atoms with Gasteiger partial charge < -0.3 is 4.57 Å². The summed E-state index contributed by atoms with van der Waals surface area (Å²) in [7, 11) is 0. The summed E-state index contributed by atoms with van der Waals surface area (Å²) < 4.78 is 43.4. The van der Waals surface area contributed by atoms with Crippen molar-refractivity contribution in [3.8, 4) is 85.4 Å². The van der Waals surface area contributed by atoms with Crippen LogP contribution in [0.5, 0.6) is 0 Å². The maximum atomic E-state index is 13.8. The van der Waals surface area contributed by atoms with Gasteiger partial charge in [-0.2, -0.15) is 23.7 Å². The van der Waals surface area contributed by atoms with Crippen molar-refractivity contribution in [2.75, 3.05) is 0 Å². The Kier molecular flexibility index (Phi) is 9.63. The molecule has 298 valence electrons. The number of hydrogen-bond acceptors (Lipinski definition) is 5. The number of benzene rings is 8. The normalized spacial score (nSPS) is 11.4. The summed E-state index contributed by atoms with van der Waals surface area (Å²) in [5, 5.41) is 21.0. The number of alkyl halides is 3. The smallest absolute Gasteiger partial charge is 0.308 e. The summed E-state index contributed by atoms with van der Waals surface area (Å²) in [6.45, 7) is 0. The maximum absolute atomic E-state index is 13.8. The van der Waals surface area contributed by atoms with Gasteiger partial charge in [-0.05, 0) is 94.0 Å². The Morgan fingerprint density at radius 3 is 1.24 bits per heavy atom. The maximum Gasteiger partial charge on any atom is 0.416 e. The highest BCUT2D eigenvalue weighted by Crippen LogP contribution is 2.41. The predicted octanol–water partition coefficient (Wildman–Crippen LogP) is 13.7. The van der Waals surface area contributed by atoms with E-state index in [9.17, 15) is 23.7 Å². The van der Waals surface area contributed by atoms with Crippen LogP contribution >= 0.6 is 0 Å². The van der Waals surface area contributed by atoms with Crippen molar-refractivity contribution < 1.29 is 13.2 Å². The monoisotopic (exact) mass is 820 g/mol. The van der Waals surface area contributed by atoms with Crippen LogP contribution in [-0.2, 0) is 6.18 Å². The minimum atomic E-state index is -4.48. The van der Waals surface area contributed by atoms with Crippen molar-refractivity contribution in [1.29, 1.82) is 10.5 Å². The first-order chi connectivity index (χ1) is 30.7. The van der Waals surface area contributed by atoms with Crippen molar-refractivity contribution in [2.45, 2.75) is 6.18 Å². The van der Waals surface area contributed by atoms with Crippen molar-refractivity contribution in [3.05, 3.63) is 205 Å². The Balaban J connectivity index is 1.29. The van der Waals surface area contributed by atoms with Gasteiger partial charge in [0.15, 0.2) is 17.5 Å². The molecule has 0 saturated carbocycles. The molecule has 0 unspecified atom stereocenters. The van der Waals surface area contributed by atoms with Gasteiger partial charge in [0.25, 0.3) is 0 Å². The average Bonchev–Trinajstić information content (AvgIpc) is 3.67. The van der Waals surface area contributed by atoms with Gasteiger partial charge in [0.2, 0.25) is 0 Å². The van der Waals surface area contributed by atoms with Crippen LogP contribution in [0.1, 0.15) is 16.7 Å². The first kappa shape index (κ1) is 38.5. The number of aromatic nitrogens is 4. The second-order valence-corrected chi connectivity index (χ2v) is 15.0. The lowest BCUT2D eigenvalue weighted by atomic mass is 9.99. The topological polar surface area (TPSA) is 91.2 Å². The molecular weight excluding hydrogens is 790 g/mol. The molecule has 0 radical (unpaired) electrons. The van der Waals surface area contributed by atoms with E-state index in [4.69, 9.17) is 15.0 Å². The molecule has 0 amide bonds. The molecule has 63 heavy (non-hydrogen) atoms. The predicted molar refractivity (Wildman–Crippen MR) is 241 cm³/mol. The molecule has 0 saturated heterocycles. The van der Waals surface area contributed by atoms with Crippen LogP contribution in [-0.4, -0.2) is 19.5 Å². The molecule has 0 bridgehead atoms. The largest absolute Gasteiger partial charge is 0.416 e. The average molecular weight is 821 g/mol. The zero-order chi connectivity index (χ0) is 43.1. The number of nitriles is 2. The van der Waals surface area contributed by atoms with Gasteiger partial charge in [-0.1, -0.05) is 127 Å². The second-order valence-electron chi connectivity index (χ2n) is 15.0. The van der Waals surface area contributed by atoms with Crippen molar-refractivity contribution in [1.82, 2.24) is 19.5 Å². The van der Waals surface area contributed by atoms with E-state index in [0.717, 1.165) is 67.3 Å². The molecule has 2 aromatic heterocycles. The molecular formula is C54H31F3N6. The fourth-order valence-corrected chi connectivity index (χ4v) is 7.98. The summed E-state index contributed by atoms with van der Waals surface area (Å²) in [5.74, 6) is 1.36. The molecule has 0 aliphatic heterocycles. The number of halogens is 3.